The third-order valence-corrected chi connectivity index (χ3v) is 6.80. The molecule has 2 aliphatic rings. The van der Waals surface area contributed by atoms with E-state index in [1.54, 1.807) is 0 Å². The second-order valence-electron chi connectivity index (χ2n) is 8.59. The smallest absolute Gasteiger partial charge is 0.238 e. The Balaban J connectivity index is 0.00000272. The highest BCUT2D eigenvalue weighted by molar-refractivity contribution is 6.09. The number of Topliss-reactive ketones (excluding diaryl/α,β-unsaturated/α-hetero) is 1. The number of carbonyl (C=O) groups is 2. The highest BCUT2D eigenvalue weighted by atomic mass is 35.5. The summed E-state index contributed by atoms with van der Waals surface area (Å²) in [5, 5.41) is 0. The van der Waals surface area contributed by atoms with Gasteiger partial charge in [-0.1, -0.05) is 31.5 Å². The van der Waals surface area contributed by atoms with Crippen LogP contribution in [0.4, 0.5) is 10.1 Å². The number of piperidine rings is 1. The van der Waals surface area contributed by atoms with Gasteiger partial charge in [-0.2, -0.15) is 0 Å². The molecule has 0 aromatic heterocycles. The van der Waals surface area contributed by atoms with E-state index in [4.69, 9.17) is 0 Å². The maximum atomic E-state index is 13.7. The van der Waals surface area contributed by atoms with Crippen LogP contribution in [0, 0.1) is 5.82 Å². The van der Waals surface area contributed by atoms with E-state index >= 15 is 0 Å². The Labute approximate surface area is 189 Å². The van der Waals surface area contributed by atoms with Crippen molar-refractivity contribution in [2.24, 2.45) is 0 Å². The van der Waals surface area contributed by atoms with E-state index in [0.29, 0.717) is 12.0 Å². The molecule has 4 nitrogen and oxygen atoms in total. The summed E-state index contributed by atoms with van der Waals surface area (Å²) in [4.78, 5) is 31.0. The molecule has 0 saturated carbocycles. The number of para-hydroxylation sites is 1. The summed E-state index contributed by atoms with van der Waals surface area (Å²) in [6.45, 7) is 5.78. The molecule has 0 bridgehead atoms. The van der Waals surface area contributed by atoms with E-state index in [9.17, 15) is 14.0 Å². The van der Waals surface area contributed by atoms with Crippen LogP contribution in [-0.2, 0) is 10.2 Å². The van der Waals surface area contributed by atoms with Gasteiger partial charge in [0.05, 0.1) is 11.6 Å². The molecule has 2 unspecified atom stereocenters. The minimum Gasteiger partial charge on any atom is -0.295 e. The predicted molar refractivity (Wildman–Crippen MR) is 123 cm³/mol. The molecule has 4 rings (SSSR count). The quantitative estimate of drug-likeness (QED) is 0.564. The number of rotatable bonds is 6. The number of nitrogens with zero attached hydrogens (tertiary/aromatic N) is 2. The van der Waals surface area contributed by atoms with Gasteiger partial charge in [0.1, 0.15) is 5.82 Å². The average molecular weight is 445 g/mol. The van der Waals surface area contributed by atoms with Crippen molar-refractivity contribution < 1.29 is 14.0 Å². The topological polar surface area (TPSA) is 40.6 Å². The first-order valence-corrected chi connectivity index (χ1v) is 10.9. The zero-order chi connectivity index (χ0) is 21.3. The SMILES string of the molecule is CCC1(C)C(=O)N(C(CC(=O)c2ccc(F)cc2)N2CCCCC2)c2ccccc21.Cl. The lowest BCUT2D eigenvalue weighted by Crippen LogP contribution is -2.54. The summed E-state index contributed by atoms with van der Waals surface area (Å²) in [6, 6.07) is 13.6. The Morgan fingerprint density at radius 2 is 1.71 bits per heavy atom. The molecule has 2 aromatic rings. The Kier molecular flexibility index (Phi) is 7.17. The Hall–Kier alpha value is -2.24. The van der Waals surface area contributed by atoms with Crippen LogP contribution in [0.5, 0.6) is 0 Å². The fourth-order valence-corrected chi connectivity index (χ4v) is 4.80. The summed E-state index contributed by atoms with van der Waals surface area (Å²) in [6.07, 6.45) is 3.88. The lowest BCUT2D eigenvalue weighted by Gasteiger charge is -2.40. The van der Waals surface area contributed by atoms with Gasteiger partial charge in [0.25, 0.3) is 0 Å². The van der Waals surface area contributed by atoms with Crippen molar-refractivity contribution in [2.75, 3.05) is 18.0 Å². The predicted octanol–water partition coefficient (Wildman–Crippen LogP) is 5.35. The van der Waals surface area contributed by atoms with Gasteiger partial charge in [0.15, 0.2) is 5.78 Å². The maximum Gasteiger partial charge on any atom is 0.238 e. The second-order valence-corrected chi connectivity index (χ2v) is 8.59. The first kappa shape index (κ1) is 23.4. The van der Waals surface area contributed by atoms with Crippen LogP contribution >= 0.6 is 12.4 Å². The number of carbonyl (C=O) groups excluding carboxylic acids is 2. The number of ketones is 1. The number of halogens is 2. The summed E-state index contributed by atoms with van der Waals surface area (Å²) >= 11 is 0. The van der Waals surface area contributed by atoms with Crippen molar-refractivity contribution in [3.8, 4) is 0 Å². The van der Waals surface area contributed by atoms with Gasteiger partial charge < -0.3 is 0 Å². The van der Waals surface area contributed by atoms with Gasteiger partial charge in [0.2, 0.25) is 5.91 Å². The van der Waals surface area contributed by atoms with Crippen molar-refractivity contribution >= 4 is 29.8 Å². The van der Waals surface area contributed by atoms with Gasteiger partial charge in [-0.05, 0) is 62.1 Å². The molecular formula is C25H30ClFN2O2. The monoisotopic (exact) mass is 444 g/mol. The Morgan fingerprint density at radius 3 is 2.35 bits per heavy atom. The largest absolute Gasteiger partial charge is 0.295 e. The average Bonchev–Trinajstić information content (AvgIpc) is 3.00. The van der Waals surface area contributed by atoms with Crippen LogP contribution in [0.15, 0.2) is 48.5 Å². The Bertz CT molecular complexity index is 943. The number of amides is 1. The fourth-order valence-electron chi connectivity index (χ4n) is 4.80. The molecule has 0 spiro atoms. The van der Waals surface area contributed by atoms with Crippen LogP contribution < -0.4 is 4.90 Å². The standard InChI is InChI=1S/C25H29FN2O2.ClH/c1-3-25(2)20-9-5-6-10-21(20)28(24(25)30)23(27-15-7-4-8-16-27)17-22(29)18-11-13-19(26)14-12-18;/h5-6,9-14,23H,3-4,7-8,15-17H2,1-2H3;1H. The molecule has 0 N–H and O–H groups in total. The van der Waals surface area contributed by atoms with Gasteiger partial charge in [-0.15, -0.1) is 12.4 Å². The number of anilines is 1. The maximum absolute atomic E-state index is 13.7. The number of hydrogen-bond acceptors (Lipinski definition) is 3. The minimum atomic E-state index is -0.580. The van der Waals surface area contributed by atoms with Crippen molar-refractivity contribution in [2.45, 2.75) is 57.5 Å². The molecule has 1 fully saturated rings. The molecular weight excluding hydrogens is 415 g/mol. The lowest BCUT2D eigenvalue weighted by molar-refractivity contribution is -0.124. The first-order valence-electron chi connectivity index (χ1n) is 10.9. The normalized spacial score (nSPS) is 22.0. The van der Waals surface area contributed by atoms with Crippen LogP contribution in [0.2, 0.25) is 0 Å². The van der Waals surface area contributed by atoms with Crippen LogP contribution in [0.25, 0.3) is 0 Å². The zero-order valence-electron chi connectivity index (χ0n) is 18.1. The van der Waals surface area contributed by atoms with E-state index in [0.717, 1.165) is 37.2 Å². The highest BCUT2D eigenvalue weighted by Gasteiger charge is 2.49. The third-order valence-electron chi connectivity index (χ3n) is 6.80. The van der Waals surface area contributed by atoms with Crippen LogP contribution in [0.1, 0.15) is 61.9 Å². The molecule has 0 radical (unpaired) electrons. The fraction of sp³-hybridized carbons (Fsp3) is 0.440. The van der Waals surface area contributed by atoms with Crippen LogP contribution in [0.3, 0.4) is 0 Å². The van der Waals surface area contributed by atoms with Crippen molar-refractivity contribution in [1.29, 1.82) is 0 Å². The lowest BCUT2D eigenvalue weighted by atomic mass is 9.81. The van der Waals surface area contributed by atoms with E-state index in [1.165, 1.54) is 30.7 Å². The summed E-state index contributed by atoms with van der Waals surface area (Å²) in [7, 11) is 0. The van der Waals surface area contributed by atoms with Gasteiger partial charge in [-0.25, -0.2) is 4.39 Å². The molecule has 2 aliphatic heterocycles. The molecule has 166 valence electrons. The summed E-state index contributed by atoms with van der Waals surface area (Å²) in [5.41, 5.74) is 1.85. The first-order chi connectivity index (χ1) is 14.5. The molecule has 2 aromatic carbocycles. The molecule has 6 heteroatoms. The second kappa shape index (κ2) is 9.49. The zero-order valence-corrected chi connectivity index (χ0v) is 19.0. The number of hydrogen-bond donors (Lipinski definition) is 0. The number of fused-ring (bicyclic) bond motifs is 1. The van der Waals surface area contributed by atoms with Crippen molar-refractivity contribution in [3.63, 3.8) is 0 Å². The molecule has 2 heterocycles. The van der Waals surface area contributed by atoms with Crippen LogP contribution in [-0.4, -0.2) is 35.8 Å². The van der Waals surface area contributed by atoms with E-state index < -0.39 is 5.41 Å². The van der Waals surface area contributed by atoms with Gasteiger partial charge in [0, 0.05) is 30.8 Å². The molecule has 1 amide bonds. The van der Waals surface area contributed by atoms with E-state index in [-0.39, 0.29) is 42.5 Å². The van der Waals surface area contributed by atoms with E-state index in [1.807, 2.05) is 43.0 Å². The summed E-state index contributed by atoms with van der Waals surface area (Å²) < 4.78 is 13.3. The minimum absolute atomic E-state index is 0. The van der Waals surface area contributed by atoms with Crippen molar-refractivity contribution in [1.82, 2.24) is 4.90 Å². The van der Waals surface area contributed by atoms with Gasteiger partial charge >= 0.3 is 0 Å². The number of likely N-dealkylation sites (tertiary alicyclic amines) is 1. The van der Waals surface area contributed by atoms with Crippen molar-refractivity contribution in [3.05, 3.63) is 65.5 Å². The van der Waals surface area contributed by atoms with Gasteiger partial charge in [-0.3, -0.25) is 19.4 Å². The van der Waals surface area contributed by atoms with E-state index in [2.05, 4.69) is 4.90 Å². The molecule has 0 aliphatic carbocycles. The third kappa shape index (κ3) is 4.26. The number of benzene rings is 2. The summed E-state index contributed by atoms with van der Waals surface area (Å²) in [5.74, 6) is -0.365. The Morgan fingerprint density at radius 1 is 1.06 bits per heavy atom. The molecule has 1 saturated heterocycles. The molecule has 2 atom stereocenters. The molecule has 31 heavy (non-hydrogen) atoms. The highest BCUT2D eigenvalue weighted by Crippen LogP contribution is 2.45.